The first-order valence-corrected chi connectivity index (χ1v) is 6.90. The lowest BCUT2D eigenvalue weighted by atomic mass is 10.1. The normalized spacial score (nSPS) is 11.1. The predicted molar refractivity (Wildman–Crippen MR) is 74.5 cm³/mol. The first-order valence-electron chi connectivity index (χ1n) is 6.90. The van der Waals surface area contributed by atoms with Crippen LogP contribution in [-0.2, 0) is 11.2 Å². The lowest BCUT2D eigenvalue weighted by Gasteiger charge is -2.01. The molecule has 0 saturated carbocycles. The molecule has 1 rings (SSSR count). The van der Waals surface area contributed by atoms with Gasteiger partial charge in [-0.3, -0.25) is 4.79 Å². The van der Waals surface area contributed by atoms with Crippen molar-refractivity contribution in [3.8, 4) is 0 Å². The second-order valence-corrected chi connectivity index (χ2v) is 4.74. The minimum atomic E-state index is -0.754. The van der Waals surface area contributed by atoms with Crippen molar-refractivity contribution < 1.29 is 18.7 Å². The van der Waals surface area contributed by atoms with E-state index in [-0.39, 0.29) is 6.42 Å². The Labute approximate surface area is 118 Å². The Kier molecular flexibility index (Phi) is 7.55. The minimum Gasteiger partial charge on any atom is -0.481 e. The van der Waals surface area contributed by atoms with Gasteiger partial charge in [0.2, 0.25) is 0 Å². The monoisotopic (exact) mass is 282 g/mol. The lowest BCUT2D eigenvalue weighted by Crippen LogP contribution is -1.93. The van der Waals surface area contributed by atoms with Gasteiger partial charge in [-0.15, -0.1) is 0 Å². The van der Waals surface area contributed by atoms with Gasteiger partial charge in [-0.1, -0.05) is 18.2 Å². The predicted octanol–water partition coefficient (Wildman–Crippen LogP) is 4.49. The number of carbonyl (C=O) groups is 1. The first-order chi connectivity index (χ1) is 9.59. The highest BCUT2D eigenvalue weighted by atomic mass is 19.1. The molecule has 110 valence electrons. The lowest BCUT2D eigenvalue weighted by molar-refractivity contribution is -0.137. The summed E-state index contributed by atoms with van der Waals surface area (Å²) in [6.45, 7) is 0. The van der Waals surface area contributed by atoms with E-state index >= 15 is 0 Å². The number of aryl methyl sites for hydroxylation is 1. The Hall–Kier alpha value is -1.71. The molecule has 0 heterocycles. The molecule has 20 heavy (non-hydrogen) atoms. The van der Waals surface area contributed by atoms with Crippen LogP contribution in [0.5, 0.6) is 0 Å². The van der Waals surface area contributed by atoms with Gasteiger partial charge in [0.25, 0.3) is 0 Å². The van der Waals surface area contributed by atoms with E-state index in [1.807, 2.05) is 12.2 Å². The van der Waals surface area contributed by atoms with Crippen LogP contribution in [0, 0.1) is 11.6 Å². The molecule has 0 aromatic heterocycles. The molecule has 0 saturated heterocycles. The summed E-state index contributed by atoms with van der Waals surface area (Å²) in [6.07, 6.45) is 8.97. The Balaban J connectivity index is 2.11. The molecule has 0 fully saturated rings. The highest BCUT2D eigenvalue weighted by molar-refractivity contribution is 5.66. The third kappa shape index (κ3) is 7.02. The summed E-state index contributed by atoms with van der Waals surface area (Å²) in [6, 6.07) is 3.67. The summed E-state index contributed by atoms with van der Waals surface area (Å²) >= 11 is 0. The maximum atomic E-state index is 13.3. The van der Waals surface area contributed by atoms with Crippen molar-refractivity contribution in [1.29, 1.82) is 0 Å². The Morgan fingerprint density at radius 2 is 1.80 bits per heavy atom. The fourth-order valence-corrected chi connectivity index (χ4v) is 1.91. The van der Waals surface area contributed by atoms with Crippen LogP contribution in [0.15, 0.2) is 30.4 Å². The van der Waals surface area contributed by atoms with E-state index in [1.165, 1.54) is 12.1 Å². The van der Waals surface area contributed by atoms with Crippen LogP contribution in [0.3, 0.4) is 0 Å². The number of rotatable bonds is 9. The molecule has 0 amide bonds. The van der Waals surface area contributed by atoms with Gasteiger partial charge in [-0.05, 0) is 50.2 Å². The highest BCUT2D eigenvalue weighted by Crippen LogP contribution is 2.12. The van der Waals surface area contributed by atoms with Crippen LogP contribution in [0.25, 0.3) is 0 Å². The van der Waals surface area contributed by atoms with E-state index in [2.05, 4.69) is 0 Å². The summed E-state index contributed by atoms with van der Waals surface area (Å²) < 4.78 is 26.0. The molecule has 0 radical (unpaired) electrons. The van der Waals surface area contributed by atoms with E-state index in [0.29, 0.717) is 18.4 Å². The van der Waals surface area contributed by atoms with Gasteiger partial charge in [0.15, 0.2) is 0 Å². The number of allylic oxidation sites excluding steroid dienone is 2. The summed E-state index contributed by atoms with van der Waals surface area (Å²) in [5.41, 5.74) is 0.543. The second kappa shape index (κ2) is 9.23. The molecule has 0 aliphatic rings. The molecule has 0 unspecified atom stereocenters. The summed E-state index contributed by atoms with van der Waals surface area (Å²) in [7, 11) is 0. The summed E-state index contributed by atoms with van der Waals surface area (Å²) in [4.78, 5) is 10.3. The second-order valence-electron chi connectivity index (χ2n) is 4.74. The zero-order chi connectivity index (χ0) is 14.8. The quantitative estimate of drug-likeness (QED) is 0.535. The maximum absolute atomic E-state index is 13.3. The Morgan fingerprint density at radius 3 is 2.45 bits per heavy atom. The molecule has 4 heteroatoms. The fourth-order valence-electron chi connectivity index (χ4n) is 1.91. The van der Waals surface area contributed by atoms with Gasteiger partial charge in [0.05, 0.1) is 0 Å². The first kappa shape index (κ1) is 16.3. The zero-order valence-electron chi connectivity index (χ0n) is 11.4. The average molecular weight is 282 g/mol. The molecule has 0 aliphatic carbocycles. The van der Waals surface area contributed by atoms with Crippen LogP contribution in [-0.4, -0.2) is 11.1 Å². The molecule has 0 bridgehead atoms. The largest absolute Gasteiger partial charge is 0.481 e. The number of aliphatic carboxylic acids is 1. The van der Waals surface area contributed by atoms with Crippen molar-refractivity contribution in [2.75, 3.05) is 0 Å². The Bertz CT molecular complexity index is 456. The summed E-state index contributed by atoms with van der Waals surface area (Å²) in [5.74, 6) is -1.79. The molecule has 0 aliphatic heterocycles. The van der Waals surface area contributed by atoms with Gasteiger partial charge in [-0.2, -0.15) is 0 Å². The van der Waals surface area contributed by atoms with Crippen LogP contribution >= 0.6 is 0 Å². The number of halogens is 2. The van der Waals surface area contributed by atoms with Gasteiger partial charge in [0.1, 0.15) is 11.6 Å². The maximum Gasteiger partial charge on any atom is 0.303 e. The van der Waals surface area contributed by atoms with E-state index in [1.54, 1.807) is 0 Å². The van der Waals surface area contributed by atoms with Crippen molar-refractivity contribution in [2.45, 2.75) is 44.9 Å². The standard InChI is InChI=1S/C16H20F2O2/c17-14-11-10-13(15(18)12-14)8-6-4-2-1-3-5-7-9-16(19)20/h1-2,10-12H,3-9H2,(H,19,20)/b2-1+. The molecule has 1 aromatic rings. The SMILES string of the molecule is O=C(O)CCCC/C=C/CCCc1ccc(F)cc1F. The molecular weight excluding hydrogens is 262 g/mol. The van der Waals surface area contributed by atoms with E-state index in [4.69, 9.17) is 5.11 Å². The number of benzene rings is 1. The average Bonchev–Trinajstić information content (AvgIpc) is 2.38. The van der Waals surface area contributed by atoms with E-state index in [0.717, 1.165) is 31.7 Å². The third-order valence-electron chi connectivity index (χ3n) is 3.01. The molecule has 1 aromatic carbocycles. The van der Waals surface area contributed by atoms with Gasteiger partial charge >= 0.3 is 5.97 Å². The zero-order valence-corrected chi connectivity index (χ0v) is 11.4. The van der Waals surface area contributed by atoms with Crippen LogP contribution in [0.2, 0.25) is 0 Å². The minimum absolute atomic E-state index is 0.220. The van der Waals surface area contributed by atoms with Crippen molar-refractivity contribution in [3.05, 3.63) is 47.5 Å². The van der Waals surface area contributed by atoms with Crippen molar-refractivity contribution in [3.63, 3.8) is 0 Å². The Morgan fingerprint density at radius 1 is 1.10 bits per heavy atom. The van der Waals surface area contributed by atoms with Crippen molar-refractivity contribution >= 4 is 5.97 Å². The number of unbranched alkanes of at least 4 members (excludes halogenated alkanes) is 3. The smallest absolute Gasteiger partial charge is 0.303 e. The van der Waals surface area contributed by atoms with Gasteiger partial charge < -0.3 is 5.11 Å². The van der Waals surface area contributed by atoms with Gasteiger partial charge in [0, 0.05) is 12.5 Å². The van der Waals surface area contributed by atoms with Crippen LogP contribution in [0.1, 0.15) is 44.1 Å². The van der Waals surface area contributed by atoms with Crippen molar-refractivity contribution in [1.82, 2.24) is 0 Å². The number of carboxylic acids is 1. The fraction of sp³-hybridized carbons (Fsp3) is 0.438. The molecule has 2 nitrogen and oxygen atoms in total. The van der Waals surface area contributed by atoms with E-state index in [9.17, 15) is 13.6 Å². The molecular formula is C16H20F2O2. The number of carboxylic acid groups (broad SMARTS) is 1. The molecule has 1 N–H and O–H groups in total. The number of hydrogen-bond donors (Lipinski definition) is 1. The van der Waals surface area contributed by atoms with Crippen molar-refractivity contribution in [2.24, 2.45) is 0 Å². The van der Waals surface area contributed by atoms with E-state index < -0.39 is 17.6 Å². The van der Waals surface area contributed by atoms with Crippen LogP contribution in [0.4, 0.5) is 8.78 Å². The molecule has 0 atom stereocenters. The van der Waals surface area contributed by atoms with Crippen LogP contribution < -0.4 is 0 Å². The molecule has 0 spiro atoms. The highest BCUT2D eigenvalue weighted by Gasteiger charge is 2.02. The van der Waals surface area contributed by atoms with Gasteiger partial charge in [-0.25, -0.2) is 8.78 Å². The third-order valence-corrected chi connectivity index (χ3v) is 3.01. The number of hydrogen-bond acceptors (Lipinski definition) is 1. The summed E-state index contributed by atoms with van der Waals surface area (Å²) in [5, 5.41) is 8.46. The topological polar surface area (TPSA) is 37.3 Å².